The molecule has 110 valence electrons. The van der Waals surface area contributed by atoms with Crippen LogP contribution in [0.2, 0.25) is 0 Å². The Labute approximate surface area is 137 Å². The monoisotopic (exact) mass is 355 g/mol. The van der Waals surface area contributed by atoms with Crippen LogP contribution in [0.5, 0.6) is 0 Å². The molecule has 5 heteroatoms. The Morgan fingerprint density at radius 3 is 2.73 bits per heavy atom. The average molecular weight is 356 g/mol. The van der Waals surface area contributed by atoms with Gasteiger partial charge in [-0.05, 0) is 46.1 Å². The molecule has 1 amide bonds. The van der Waals surface area contributed by atoms with Crippen LogP contribution in [0.15, 0.2) is 58.8 Å². The number of carbonyl (C=O) groups excluding carboxylic acids is 1. The van der Waals surface area contributed by atoms with Crippen molar-refractivity contribution in [1.29, 1.82) is 5.26 Å². The lowest BCUT2D eigenvalue weighted by Crippen LogP contribution is -2.27. The first-order valence-electron chi connectivity index (χ1n) is 6.69. The van der Waals surface area contributed by atoms with Gasteiger partial charge < -0.3 is 5.32 Å². The van der Waals surface area contributed by atoms with Gasteiger partial charge in [-0.15, -0.1) is 0 Å². The Hall–Kier alpha value is -2.45. The first kappa shape index (κ1) is 15.9. The third kappa shape index (κ3) is 4.03. The molecule has 1 aromatic carbocycles. The summed E-state index contributed by atoms with van der Waals surface area (Å²) in [6, 6.07) is 13.1. The summed E-state index contributed by atoms with van der Waals surface area (Å²) < 4.78 is 0.728. The van der Waals surface area contributed by atoms with Crippen molar-refractivity contribution in [2.75, 3.05) is 0 Å². The Balaban J connectivity index is 2.17. The van der Waals surface area contributed by atoms with Crippen molar-refractivity contribution in [2.45, 2.75) is 13.0 Å². The molecule has 2 aromatic rings. The molecule has 0 radical (unpaired) electrons. The first-order valence-corrected chi connectivity index (χ1v) is 7.48. The maximum absolute atomic E-state index is 12.2. The molecule has 1 N–H and O–H groups in total. The molecule has 1 atom stereocenters. The van der Waals surface area contributed by atoms with Crippen LogP contribution in [0.25, 0.3) is 6.08 Å². The summed E-state index contributed by atoms with van der Waals surface area (Å²) in [7, 11) is 0. The fourth-order valence-electron chi connectivity index (χ4n) is 1.91. The molecule has 0 aliphatic carbocycles. The zero-order valence-corrected chi connectivity index (χ0v) is 13.5. The van der Waals surface area contributed by atoms with E-state index < -0.39 is 5.91 Å². The molecule has 0 saturated heterocycles. The van der Waals surface area contributed by atoms with Crippen molar-refractivity contribution in [2.24, 2.45) is 0 Å². The van der Waals surface area contributed by atoms with E-state index in [0.717, 1.165) is 15.6 Å². The minimum atomic E-state index is -0.400. The van der Waals surface area contributed by atoms with Crippen molar-refractivity contribution in [3.8, 4) is 6.07 Å². The fourth-order valence-corrected chi connectivity index (χ4v) is 2.27. The van der Waals surface area contributed by atoms with Gasteiger partial charge in [-0.25, -0.2) is 0 Å². The van der Waals surface area contributed by atoms with Crippen LogP contribution in [-0.2, 0) is 4.79 Å². The number of nitriles is 1. The first-order chi connectivity index (χ1) is 10.6. The van der Waals surface area contributed by atoms with E-state index in [9.17, 15) is 10.1 Å². The summed E-state index contributed by atoms with van der Waals surface area (Å²) in [6.07, 6.45) is 4.76. The smallest absolute Gasteiger partial charge is 0.262 e. The number of amides is 1. The number of nitrogens with one attached hydrogen (secondary N) is 1. The van der Waals surface area contributed by atoms with E-state index in [0.29, 0.717) is 0 Å². The van der Waals surface area contributed by atoms with Gasteiger partial charge in [0.15, 0.2) is 0 Å². The lowest BCUT2D eigenvalue weighted by atomic mass is 10.1. The van der Waals surface area contributed by atoms with Crippen molar-refractivity contribution in [3.05, 3.63) is 70.0 Å². The van der Waals surface area contributed by atoms with Gasteiger partial charge in [-0.1, -0.05) is 30.3 Å². The molecule has 22 heavy (non-hydrogen) atoms. The molecule has 1 heterocycles. The van der Waals surface area contributed by atoms with Gasteiger partial charge in [0.05, 0.1) is 6.04 Å². The number of aromatic nitrogens is 1. The second-order valence-electron chi connectivity index (χ2n) is 4.67. The number of carbonyl (C=O) groups is 1. The van der Waals surface area contributed by atoms with Crippen LogP contribution >= 0.6 is 15.9 Å². The summed E-state index contributed by atoms with van der Waals surface area (Å²) >= 11 is 3.34. The van der Waals surface area contributed by atoms with E-state index in [1.165, 1.54) is 0 Å². The van der Waals surface area contributed by atoms with Crippen molar-refractivity contribution < 1.29 is 4.79 Å². The summed E-state index contributed by atoms with van der Waals surface area (Å²) in [5.41, 5.74) is 1.77. The lowest BCUT2D eigenvalue weighted by Gasteiger charge is -2.13. The Morgan fingerprint density at radius 2 is 2.09 bits per heavy atom. The second kappa shape index (κ2) is 7.53. The van der Waals surface area contributed by atoms with Gasteiger partial charge in [-0.3, -0.25) is 9.78 Å². The molecule has 1 unspecified atom stereocenters. The van der Waals surface area contributed by atoms with Gasteiger partial charge in [-0.2, -0.15) is 5.26 Å². The average Bonchev–Trinajstić information content (AvgIpc) is 2.54. The number of hydrogen-bond donors (Lipinski definition) is 1. The third-order valence-corrected chi connectivity index (χ3v) is 3.78. The molecular weight excluding hydrogens is 342 g/mol. The van der Waals surface area contributed by atoms with E-state index in [2.05, 4.69) is 26.2 Å². The maximum Gasteiger partial charge on any atom is 0.262 e. The van der Waals surface area contributed by atoms with Crippen molar-refractivity contribution >= 4 is 27.9 Å². The molecule has 1 aromatic heterocycles. The SMILES string of the molecule is CC(NC(=O)/C(C#N)=C/c1ccncc1Br)c1ccccc1. The van der Waals surface area contributed by atoms with Crippen molar-refractivity contribution in [1.82, 2.24) is 10.3 Å². The predicted molar refractivity (Wildman–Crippen MR) is 88.5 cm³/mol. The molecular formula is C17H14BrN3O. The number of benzene rings is 1. The lowest BCUT2D eigenvalue weighted by molar-refractivity contribution is -0.117. The van der Waals surface area contributed by atoms with Crippen LogP contribution in [0, 0.1) is 11.3 Å². The van der Waals surface area contributed by atoms with Gasteiger partial charge in [0.1, 0.15) is 11.6 Å². The fraction of sp³-hybridized carbons (Fsp3) is 0.118. The molecule has 0 aliphatic rings. The van der Waals surface area contributed by atoms with E-state index in [1.54, 1.807) is 24.5 Å². The topological polar surface area (TPSA) is 65.8 Å². The Bertz CT molecular complexity index is 735. The summed E-state index contributed by atoms with van der Waals surface area (Å²) in [6.45, 7) is 1.88. The maximum atomic E-state index is 12.2. The molecule has 0 saturated carbocycles. The molecule has 0 fully saturated rings. The van der Waals surface area contributed by atoms with E-state index in [4.69, 9.17) is 0 Å². The molecule has 0 aliphatic heterocycles. The van der Waals surface area contributed by atoms with Crippen LogP contribution < -0.4 is 5.32 Å². The summed E-state index contributed by atoms with van der Waals surface area (Å²) in [5, 5.41) is 12.0. The molecule has 0 bridgehead atoms. The van der Waals surface area contributed by atoms with Crippen molar-refractivity contribution in [3.63, 3.8) is 0 Å². The highest BCUT2D eigenvalue weighted by Crippen LogP contribution is 2.18. The van der Waals surface area contributed by atoms with E-state index >= 15 is 0 Å². The zero-order valence-electron chi connectivity index (χ0n) is 12.0. The number of rotatable bonds is 4. The van der Waals surface area contributed by atoms with Crippen LogP contribution in [-0.4, -0.2) is 10.9 Å². The van der Waals surface area contributed by atoms with Gasteiger partial charge in [0.2, 0.25) is 0 Å². The molecule has 2 rings (SSSR count). The zero-order chi connectivity index (χ0) is 15.9. The molecule has 0 spiro atoms. The van der Waals surface area contributed by atoms with Gasteiger partial charge in [0.25, 0.3) is 5.91 Å². The minimum Gasteiger partial charge on any atom is -0.345 e. The Kier molecular flexibility index (Phi) is 5.45. The molecule has 4 nitrogen and oxygen atoms in total. The largest absolute Gasteiger partial charge is 0.345 e. The minimum absolute atomic E-state index is 0.0506. The van der Waals surface area contributed by atoms with Gasteiger partial charge >= 0.3 is 0 Å². The number of pyridine rings is 1. The Morgan fingerprint density at radius 1 is 1.36 bits per heavy atom. The number of hydrogen-bond acceptors (Lipinski definition) is 3. The highest BCUT2D eigenvalue weighted by atomic mass is 79.9. The number of halogens is 1. The quantitative estimate of drug-likeness (QED) is 0.672. The number of nitrogens with zero attached hydrogens (tertiary/aromatic N) is 2. The normalized spacial score (nSPS) is 12.3. The second-order valence-corrected chi connectivity index (χ2v) is 5.53. The van der Waals surface area contributed by atoms with E-state index in [1.807, 2.05) is 43.3 Å². The summed E-state index contributed by atoms with van der Waals surface area (Å²) in [5.74, 6) is -0.400. The van der Waals surface area contributed by atoms with Crippen LogP contribution in [0.3, 0.4) is 0 Å². The summed E-state index contributed by atoms with van der Waals surface area (Å²) in [4.78, 5) is 16.2. The standard InChI is InChI=1S/C17H14BrN3O/c1-12(13-5-3-2-4-6-13)21-17(22)15(10-19)9-14-7-8-20-11-16(14)18/h2-9,11-12H,1H3,(H,21,22)/b15-9+. The highest BCUT2D eigenvalue weighted by Gasteiger charge is 2.14. The third-order valence-electron chi connectivity index (χ3n) is 3.12. The predicted octanol–water partition coefficient (Wildman–Crippen LogP) is 3.63. The van der Waals surface area contributed by atoms with Crippen LogP contribution in [0.1, 0.15) is 24.1 Å². The van der Waals surface area contributed by atoms with E-state index in [-0.39, 0.29) is 11.6 Å². The van der Waals surface area contributed by atoms with Crippen LogP contribution in [0.4, 0.5) is 0 Å². The van der Waals surface area contributed by atoms with Gasteiger partial charge in [0, 0.05) is 16.9 Å². The highest BCUT2D eigenvalue weighted by molar-refractivity contribution is 9.10.